The van der Waals surface area contributed by atoms with E-state index in [1.807, 2.05) is 44.2 Å². The van der Waals surface area contributed by atoms with Gasteiger partial charge in [0.1, 0.15) is 6.61 Å². The van der Waals surface area contributed by atoms with Gasteiger partial charge >= 0.3 is 0 Å². The lowest BCUT2D eigenvalue weighted by Crippen LogP contribution is -2.03. The Hall–Kier alpha value is -1.06. The summed E-state index contributed by atoms with van der Waals surface area (Å²) < 4.78 is 6.86. The maximum Gasteiger partial charge on any atom is 0.218 e. The fraction of sp³-hybridized carbons (Fsp3) is 0.267. The molecule has 0 saturated heterocycles. The molecule has 2 rings (SSSR count). The van der Waals surface area contributed by atoms with Gasteiger partial charge in [0.05, 0.1) is 5.88 Å². The quantitative estimate of drug-likeness (QED) is 0.747. The Kier molecular flexibility index (Phi) is 4.83. The molecule has 0 aliphatic carbocycles. The molecule has 0 unspecified atom stereocenters. The third kappa shape index (κ3) is 3.71. The number of aromatic nitrogens is 1. The minimum atomic E-state index is 0.410. The number of nitrogens with zero attached hydrogens (tertiary/aromatic N) is 1. The molecule has 0 amide bonds. The first-order valence-electron chi connectivity index (χ1n) is 6.00. The Balaban J connectivity index is 2.19. The van der Waals surface area contributed by atoms with E-state index in [0.29, 0.717) is 18.4 Å². The Bertz CT molecular complexity index is 586. The molecule has 0 aliphatic rings. The number of alkyl halides is 1. The third-order valence-corrected chi connectivity index (χ3v) is 3.60. The molecule has 19 heavy (non-hydrogen) atoms. The van der Waals surface area contributed by atoms with E-state index in [9.17, 15) is 0 Å². The van der Waals surface area contributed by atoms with E-state index in [4.69, 9.17) is 16.3 Å². The van der Waals surface area contributed by atoms with Crippen molar-refractivity contribution < 1.29 is 4.74 Å². The minimum absolute atomic E-state index is 0.410. The van der Waals surface area contributed by atoms with Crippen LogP contribution in [0.25, 0.3) is 0 Å². The lowest BCUT2D eigenvalue weighted by Gasteiger charge is -2.12. The highest BCUT2D eigenvalue weighted by molar-refractivity contribution is 9.10. The molecule has 2 nitrogen and oxygen atoms in total. The largest absolute Gasteiger partial charge is 0.473 e. The Labute approximate surface area is 126 Å². The van der Waals surface area contributed by atoms with Gasteiger partial charge in [-0.1, -0.05) is 28.1 Å². The minimum Gasteiger partial charge on any atom is -0.473 e. The normalized spacial score (nSPS) is 10.5. The first-order valence-corrected chi connectivity index (χ1v) is 7.33. The van der Waals surface area contributed by atoms with E-state index >= 15 is 0 Å². The number of halogens is 2. The topological polar surface area (TPSA) is 22.1 Å². The summed E-state index contributed by atoms with van der Waals surface area (Å²) in [5.74, 6) is 1.04. The molecule has 0 saturated carbocycles. The summed E-state index contributed by atoms with van der Waals surface area (Å²) in [6, 6.07) is 10.0. The van der Waals surface area contributed by atoms with E-state index in [2.05, 4.69) is 20.9 Å². The summed E-state index contributed by atoms with van der Waals surface area (Å²) in [5, 5.41) is 0. The van der Waals surface area contributed by atoms with Crippen LogP contribution in [0.5, 0.6) is 5.88 Å². The van der Waals surface area contributed by atoms with E-state index < -0.39 is 0 Å². The molecule has 100 valence electrons. The average molecular weight is 341 g/mol. The molecule has 0 bridgehead atoms. The molecule has 0 N–H and O–H groups in total. The maximum atomic E-state index is 5.97. The van der Waals surface area contributed by atoms with Crippen molar-refractivity contribution >= 4 is 27.5 Å². The van der Waals surface area contributed by atoms with Gasteiger partial charge in [-0.2, -0.15) is 0 Å². The molecule has 1 aromatic heterocycles. The first kappa shape index (κ1) is 14.4. The van der Waals surface area contributed by atoms with Crippen molar-refractivity contribution in [1.82, 2.24) is 4.98 Å². The number of rotatable bonds is 4. The second-order valence-corrected chi connectivity index (χ2v) is 5.60. The molecule has 0 spiro atoms. The highest BCUT2D eigenvalue weighted by Crippen LogP contribution is 2.24. The fourth-order valence-corrected chi connectivity index (χ4v) is 2.66. The van der Waals surface area contributed by atoms with E-state index in [1.54, 1.807) is 0 Å². The van der Waals surface area contributed by atoms with Gasteiger partial charge in [-0.05, 0) is 43.2 Å². The molecule has 0 fully saturated rings. The van der Waals surface area contributed by atoms with Crippen molar-refractivity contribution in [3.63, 3.8) is 0 Å². The summed E-state index contributed by atoms with van der Waals surface area (Å²) in [7, 11) is 0. The number of hydrogen-bond donors (Lipinski definition) is 0. The summed E-state index contributed by atoms with van der Waals surface area (Å²) in [5.41, 5.74) is 4.11. The second kappa shape index (κ2) is 6.40. The van der Waals surface area contributed by atoms with Crippen molar-refractivity contribution in [2.24, 2.45) is 0 Å². The van der Waals surface area contributed by atoms with Gasteiger partial charge in [0.2, 0.25) is 5.88 Å². The molecular weight excluding hydrogens is 326 g/mol. The lowest BCUT2D eigenvalue weighted by atomic mass is 10.1. The highest BCUT2D eigenvalue weighted by atomic mass is 79.9. The van der Waals surface area contributed by atoms with Crippen LogP contribution in [0, 0.1) is 13.8 Å². The van der Waals surface area contributed by atoms with Crippen LogP contribution < -0.4 is 4.74 Å². The van der Waals surface area contributed by atoms with Gasteiger partial charge in [-0.25, -0.2) is 4.98 Å². The summed E-state index contributed by atoms with van der Waals surface area (Å²) in [6.07, 6.45) is 0. The van der Waals surface area contributed by atoms with Crippen LogP contribution in [0.1, 0.15) is 22.4 Å². The van der Waals surface area contributed by atoms with Crippen molar-refractivity contribution in [3.05, 3.63) is 57.2 Å². The van der Waals surface area contributed by atoms with Crippen LogP contribution in [0.2, 0.25) is 0 Å². The van der Waals surface area contributed by atoms with Crippen LogP contribution in [0.15, 0.2) is 34.8 Å². The van der Waals surface area contributed by atoms with Gasteiger partial charge in [0.15, 0.2) is 0 Å². The van der Waals surface area contributed by atoms with Crippen molar-refractivity contribution in [3.8, 4) is 5.88 Å². The lowest BCUT2D eigenvalue weighted by molar-refractivity contribution is 0.290. The molecule has 2 aromatic rings. The predicted octanol–water partition coefficient (Wildman–Crippen LogP) is 4.78. The Morgan fingerprint density at radius 1 is 1.26 bits per heavy atom. The van der Waals surface area contributed by atoms with Crippen LogP contribution in [-0.2, 0) is 12.5 Å². The molecule has 1 heterocycles. The summed E-state index contributed by atoms with van der Waals surface area (Å²) in [6.45, 7) is 4.47. The van der Waals surface area contributed by atoms with Gasteiger partial charge < -0.3 is 4.74 Å². The van der Waals surface area contributed by atoms with Gasteiger partial charge in [-0.3, -0.25) is 0 Å². The van der Waals surface area contributed by atoms with Crippen molar-refractivity contribution in [1.29, 1.82) is 0 Å². The monoisotopic (exact) mass is 339 g/mol. The van der Waals surface area contributed by atoms with Crippen molar-refractivity contribution in [2.75, 3.05) is 0 Å². The van der Waals surface area contributed by atoms with E-state index in [0.717, 1.165) is 26.9 Å². The zero-order valence-corrected chi connectivity index (χ0v) is 13.3. The van der Waals surface area contributed by atoms with Crippen LogP contribution >= 0.6 is 27.5 Å². The van der Waals surface area contributed by atoms with Crippen LogP contribution in [-0.4, -0.2) is 4.98 Å². The molecule has 0 atom stereocenters. The van der Waals surface area contributed by atoms with Gasteiger partial charge in [-0.15, -0.1) is 11.6 Å². The van der Waals surface area contributed by atoms with Crippen LogP contribution in [0.3, 0.4) is 0 Å². The molecular formula is C15H15BrClNO. The number of benzene rings is 1. The molecule has 0 radical (unpaired) electrons. The molecule has 4 heteroatoms. The third-order valence-electron chi connectivity index (χ3n) is 2.84. The zero-order valence-electron chi connectivity index (χ0n) is 10.9. The standard InChI is InChI=1S/C15H15BrClNO/c1-10-6-11(2)18-15(14(10)8-17)19-9-12-4-3-5-13(16)7-12/h3-7H,8-9H2,1-2H3. The first-order chi connectivity index (χ1) is 9.10. The predicted molar refractivity (Wildman–Crippen MR) is 81.7 cm³/mol. The Morgan fingerprint density at radius 2 is 2.05 bits per heavy atom. The molecule has 1 aromatic carbocycles. The maximum absolute atomic E-state index is 5.97. The summed E-state index contributed by atoms with van der Waals surface area (Å²) in [4.78, 5) is 4.42. The van der Waals surface area contributed by atoms with Gasteiger partial charge in [0, 0.05) is 15.7 Å². The average Bonchev–Trinajstić information content (AvgIpc) is 2.36. The number of pyridine rings is 1. The van der Waals surface area contributed by atoms with Gasteiger partial charge in [0.25, 0.3) is 0 Å². The summed E-state index contributed by atoms with van der Waals surface area (Å²) >= 11 is 9.42. The highest BCUT2D eigenvalue weighted by Gasteiger charge is 2.09. The van der Waals surface area contributed by atoms with E-state index in [-0.39, 0.29) is 0 Å². The smallest absolute Gasteiger partial charge is 0.218 e. The SMILES string of the molecule is Cc1cc(C)c(CCl)c(OCc2cccc(Br)c2)n1. The molecule has 0 aliphatic heterocycles. The number of ether oxygens (including phenoxy) is 1. The van der Waals surface area contributed by atoms with E-state index in [1.165, 1.54) is 0 Å². The number of aryl methyl sites for hydroxylation is 2. The fourth-order valence-electron chi connectivity index (χ4n) is 1.89. The van der Waals surface area contributed by atoms with Crippen molar-refractivity contribution in [2.45, 2.75) is 26.3 Å². The van der Waals surface area contributed by atoms with Crippen LogP contribution in [0.4, 0.5) is 0 Å². The number of hydrogen-bond acceptors (Lipinski definition) is 2. The Morgan fingerprint density at radius 3 is 2.74 bits per heavy atom. The second-order valence-electron chi connectivity index (χ2n) is 4.42. The zero-order chi connectivity index (χ0) is 13.8.